The minimum Gasteiger partial charge on any atom is -0.295 e. The number of halogens is 1. The summed E-state index contributed by atoms with van der Waals surface area (Å²) in [7, 11) is -3.39. The Morgan fingerprint density at radius 2 is 1.74 bits per heavy atom. The van der Waals surface area contributed by atoms with E-state index in [1.807, 2.05) is 30.3 Å². The summed E-state index contributed by atoms with van der Waals surface area (Å²) in [5.41, 5.74) is 1.65. The van der Waals surface area contributed by atoms with Crippen LogP contribution in [0.25, 0.3) is 15.5 Å². The van der Waals surface area contributed by atoms with Crippen LogP contribution in [0.1, 0.15) is 11.3 Å². The Balaban J connectivity index is 1.27. The van der Waals surface area contributed by atoms with E-state index in [4.69, 9.17) is 0 Å². The normalized spacial score (nSPS) is 15.7. The van der Waals surface area contributed by atoms with Crippen molar-refractivity contribution in [1.82, 2.24) is 23.8 Å². The molecule has 0 saturated carbocycles. The molecule has 2 aromatic heterocycles. The van der Waals surface area contributed by atoms with Gasteiger partial charge >= 0.3 is 0 Å². The molecule has 0 N–H and O–H groups in total. The first-order valence-electron chi connectivity index (χ1n) is 10.8. The zero-order valence-electron chi connectivity index (χ0n) is 18.2. The van der Waals surface area contributed by atoms with Gasteiger partial charge in [0.15, 0.2) is 0 Å². The van der Waals surface area contributed by atoms with Crippen LogP contribution in [0.2, 0.25) is 0 Å². The number of rotatable bonds is 6. The molecule has 1 fully saturated rings. The average molecular weight is 500 g/mol. The number of hydrogen-bond donors (Lipinski definition) is 0. The van der Waals surface area contributed by atoms with Gasteiger partial charge in [0.2, 0.25) is 15.0 Å². The smallest absolute Gasteiger partial charge is 0.275 e. The van der Waals surface area contributed by atoms with Gasteiger partial charge in [0.25, 0.3) is 5.56 Å². The molecule has 0 radical (unpaired) electrons. The minimum absolute atomic E-state index is 0.0121. The molecule has 0 amide bonds. The molecule has 8 nitrogen and oxygen atoms in total. The van der Waals surface area contributed by atoms with Crippen LogP contribution >= 0.6 is 11.3 Å². The first-order valence-corrected chi connectivity index (χ1v) is 13.2. The number of aromatic nitrogens is 3. The highest BCUT2D eigenvalue weighted by molar-refractivity contribution is 7.88. The van der Waals surface area contributed by atoms with Crippen LogP contribution in [0.3, 0.4) is 0 Å². The third kappa shape index (κ3) is 4.92. The molecule has 5 rings (SSSR count). The van der Waals surface area contributed by atoms with Crippen LogP contribution in [0.5, 0.6) is 0 Å². The molecule has 0 bridgehead atoms. The molecule has 0 spiro atoms. The molecule has 1 saturated heterocycles. The fraction of sp³-hybridized carbons (Fsp3) is 0.261. The Hall–Kier alpha value is -2.99. The van der Waals surface area contributed by atoms with Gasteiger partial charge in [-0.2, -0.15) is 13.9 Å². The molecule has 1 aliphatic heterocycles. The topological polar surface area (TPSA) is 87.9 Å². The zero-order valence-corrected chi connectivity index (χ0v) is 19.8. The predicted octanol–water partition coefficient (Wildman–Crippen LogP) is 2.60. The van der Waals surface area contributed by atoms with Crippen LogP contribution in [-0.2, 0) is 22.3 Å². The predicted molar refractivity (Wildman–Crippen MR) is 128 cm³/mol. The highest BCUT2D eigenvalue weighted by atomic mass is 32.2. The maximum absolute atomic E-state index is 13.6. The van der Waals surface area contributed by atoms with Crippen LogP contribution < -0.4 is 5.56 Å². The van der Waals surface area contributed by atoms with Crippen molar-refractivity contribution in [3.05, 3.63) is 88.1 Å². The Morgan fingerprint density at radius 3 is 2.47 bits per heavy atom. The van der Waals surface area contributed by atoms with E-state index >= 15 is 0 Å². The maximum atomic E-state index is 13.6. The van der Waals surface area contributed by atoms with E-state index in [2.05, 4.69) is 15.0 Å². The van der Waals surface area contributed by atoms with Crippen LogP contribution in [0.15, 0.2) is 65.5 Å². The summed E-state index contributed by atoms with van der Waals surface area (Å²) >= 11 is 1.22. The highest BCUT2D eigenvalue weighted by Crippen LogP contribution is 2.25. The maximum Gasteiger partial charge on any atom is 0.275 e. The number of piperazine rings is 1. The molecule has 2 aromatic carbocycles. The number of nitrogens with zero attached hydrogens (tertiary/aromatic N) is 5. The molecular formula is C23H22FN5O3S2. The zero-order chi connectivity index (χ0) is 23.7. The lowest BCUT2D eigenvalue weighted by Gasteiger charge is -2.33. The van der Waals surface area contributed by atoms with Crippen LogP contribution in [0.4, 0.5) is 4.39 Å². The minimum atomic E-state index is -3.39. The molecule has 4 aromatic rings. The second-order valence-electron chi connectivity index (χ2n) is 8.11. The van der Waals surface area contributed by atoms with Crippen LogP contribution in [-0.4, -0.2) is 58.4 Å². The van der Waals surface area contributed by atoms with Crippen molar-refractivity contribution < 1.29 is 12.8 Å². The van der Waals surface area contributed by atoms with E-state index in [0.29, 0.717) is 53.9 Å². The Labute approximate surface area is 200 Å². The average Bonchev–Trinajstić information content (AvgIpc) is 3.25. The third-order valence-corrected chi connectivity index (χ3v) is 8.48. The summed E-state index contributed by atoms with van der Waals surface area (Å²) in [6.07, 6.45) is 0. The fourth-order valence-electron chi connectivity index (χ4n) is 3.95. The summed E-state index contributed by atoms with van der Waals surface area (Å²) in [4.78, 5) is 19.7. The van der Waals surface area contributed by atoms with E-state index < -0.39 is 10.0 Å². The molecule has 34 heavy (non-hydrogen) atoms. The largest absolute Gasteiger partial charge is 0.295 e. The van der Waals surface area contributed by atoms with Crippen molar-refractivity contribution in [3.8, 4) is 10.6 Å². The lowest BCUT2D eigenvalue weighted by molar-refractivity contribution is 0.180. The van der Waals surface area contributed by atoms with Gasteiger partial charge in [-0.05, 0) is 17.7 Å². The lowest BCUT2D eigenvalue weighted by Crippen LogP contribution is -2.48. The van der Waals surface area contributed by atoms with Gasteiger partial charge in [0, 0.05) is 44.4 Å². The molecule has 1 aliphatic rings. The molecule has 3 heterocycles. The second-order valence-corrected chi connectivity index (χ2v) is 11.0. The van der Waals surface area contributed by atoms with E-state index in [9.17, 15) is 17.6 Å². The molecular weight excluding hydrogens is 477 g/mol. The second kappa shape index (κ2) is 9.34. The van der Waals surface area contributed by atoms with Gasteiger partial charge in [-0.15, -0.1) is 0 Å². The first-order chi connectivity index (χ1) is 16.4. The van der Waals surface area contributed by atoms with Gasteiger partial charge in [-0.1, -0.05) is 53.8 Å². The van der Waals surface area contributed by atoms with Gasteiger partial charge < -0.3 is 0 Å². The monoisotopic (exact) mass is 499 g/mol. The summed E-state index contributed by atoms with van der Waals surface area (Å²) in [6.45, 7) is 2.31. The van der Waals surface area contributed by atoms with E-state index in [1.54, 1.807) is 12.1 Å². The quantitative estimate of drug-likeness (QED) is 0.405. The molecule has 11 heteroatoms. The van der Waals surface area contributed by atoms with Gasteiger partial charge in [0.1, 0.15) is 10.8 Å². The van der Waals surface area contributed by atoms with Gasteiger partial charge in [0.05, 0.1) is 11.4 Å². The summed E-state index contributed by atoms with van der Waals surface area (Å²) in [5, 5.41) is 4.80. The Morgan fingerprint density at radius 1 is 0.971 bits per heavy atom. The molecule has 0 unspecified atom stereocenters. The molecule has 176 valence electrons. The van der Waals surface area contributed by atoms with Crippen LogP contribution in [0, 0.1) is 5.82 Å². The van der Waals surface area contributed by atoms with E-state index in [-0.39, 0.29) is 17.1 Å². The molecule has 0 atom stereocenters. The first kappa shape index (κ1) is 22.8. The van der Waals surface area contributed by atoms with Crippen molar-refractivity contribution in [3.63, 3.8) is 0 Å². The summed E-state index contributed by atoms with van der Waals surface area (Å²) in [5.74, 6) is -0.385. The van der Waals surface area contributed by atoms with Crippen molar-refractivity contribution in [2.24, 2.45) is 0 Å². The Kier molecular flexibility index (Phi) is 6.26. The molecule has 0 aliphatic carbocycles. The van der Waals surface area contributed by atoms with E-state index in [1.165, 1.54) is 38.4 Å². The van der Waals surface area contributed by atoms with Gasteiger partial charge in [-0.25, -0.2) is 17.8 Å². The highest BCUT2D eigenvalue weighted by Gasteiger charge is 2.27. The lowest BCUT2D eigenvalue weighted by atomic mass is 10.2. The van der Waals surface area contributed by atoms with Crippen molar-refractivity contribution in [2.75, 3.05) is 26.2 Å². The standard InChI is InChI=1S/C23H22FN5O3S2/c24-19-8-4-7-18(13-19)22-26-29-21(30)14-20(25-23(29)33-22)15-27-9-11-28(12-10-27)34(31,32)16-17-5-2-1-3-6-17/h1-8,13-14H,9-12,15-16H2. The third-order valence-electron chi connectivity index (χ3n) is 5.67. The fourth-order valence-corrected chi connectivity index (χ4v) is 6.38. The van der Waals surface area contributed by atoms with Crippen molar-refractivity contribution in [1.29, 1.82) is 0 Å². The Bertz CT molecular complexity index is 1480. The summed E-state index contributed by atoms with van der Waals surface area (Å²) < 4.78 is 41.9. The van der Waals surface area contributed by atoms with Crippen molar-refractivity contribution >= 4 is 26.3 Å². The van der Waals surface area contributed by atoms with Gasteiger partial charge in [-0.3, -0.25) is 9.69 Å². The van der Waals surface area contributed by atoms with Crippen molar-refractivity contribution in [2.45, 2.75) is 12.3 Å². The SMILES string of the molecule is O=c1cc(CN2CCN(S(=O)(=O)Cc3ccccc3)CC2)nc2sc(-c3cccc(F)c3)nn12. The number of sulfonamides is 1. The van der Waals surface area contributed by atoms with E-state index in [0.717, 1.165) is 5.56 Å². The number of hydrogen-bond acceptors (Lipinski definition) is 7. The number of benzene rings is 2. The number of fused-ring (bicyclic) bond motifs is 1. The summed E-state index contributed by atoms with van der Waals surface area (Å²) in [6, 6.07) is 16.7.